The van der Waals surface area contributed by atoms with Crippen molar-refractivity contribution in [3.63, 3.8) is 0 Å². The van der Waals surface area contributed by atoms with Gasteiger partial charge in [0.15, 0.2) is 5.43 Å². The van der Waals surface area contributed by atoms with Gasteiger partial charge in [0, 0.05) is 29.7 Å². The molecule has 1 aliphatic heterocycles. The molecule has 1 aromatic heterocycles. The lowest BCUT2D eigenvalue weighted by molar-refractivity contribution is -0.147. The maximum absolute atomic E-state index is 12.4. The van der Waals surface area contributed by atoms with Crippen molar-refractivity contribution in [2.75, 3.05) is 6.61 Å². The topological polar surface area (TPSA) is 65.7 Å². The Labute approximate surface area is 155 Å². The average Bonchev–Trinajstić information content (AvgIpc) is 2.93. The summed E-state index contributed by atoms with van der Waals surface area (Å²) in [5.74, 6) is 0.641. The van der Waals surface area contributed by atoms with E-state index in [0.717, 1.165) is 5.56 Å². The number of esters is 1. The monoisotopic (exact) mass is 362 g/mol. The molecule has 0 radical (unpaired) electrons. The molecule has 0 saturated carbocycles. The van der Waals surface area contributed by atoms with Crippen LogP contribution in [-0.2, 0) is 9.53 Å². The van der Waals surface area contributed by atoms with Crippen LogP contribution in [0.1, 0.15) is 13.3 Å². The Morgan fingerprint density at radius 2 is 1.89 bits per heavy atom. The number of ether oxygens (including phenoxy) is 2. The quantitative estimate of drug-likeness (QED) is 0.516. The maximum Gasteiger partial charge on any atom is 0.334 e. The second-order valence-electron chi connectivity index (χ2n) is 6.91. The predicted molar refractivity (Wildman–Crippen MR) is 102 cm³/mol. The number of cyclic esters (lactones) is 1. The highest BCUT2D eigenvalue weighted by Gasteiger charge is 2.39. The minimum Gasteiger partial charge on any atom is -0.489 e. The highest BCUT2D eigenvalue weighted by molar-refractivity contribution is 5.90. The Bertz CT molecular complexity index is 1080. The molecule has 0 N–H and O–H groups in total. The van der Waals surface area contributed by atoms with Crippen LogP contribution in [0.2, 0.25) is 0 Å². The number of hydrogen-bond donors (Lipinski definition) is 0. The molecule has 5 heteroatoms. The first-order valence-corrected chi connectivity index (χ1v) is 8.61. The second-order valence-corrected chi connectivity index (χ2v) is 6.91. The van der Waals surface area contributed by atoms with E-state index in [0.29, 0.717) is 34.5 Å². The van der Waals surface area contributed by atoms with Crippen molar-refractivity contribution >= 4 is 16.9 Å². The summed E-state index contributed by atoms with van der Waals surface area (Å²) in [7, 11) is 0. The fourth-order valence-corrected chi connectivity index (χ4v) is 3.14. The van der Waals surface area contributed by atoms with E-state index in [9.17, 15) is 9.59 Å². The summed E-state index contributed by atoms with van der Waals surface area (Å²) in [6.07, 6.45) is 0.423. The fraction of sp³-hybridized carbons (Fsp3) is 0.182. The van der Waals surface area contributed by atoms with Crippen LogP contribution >= 0.6 is 0 Å². The standard InChI is InChI=1S/C22H18O5/c1-14-12-22(2,27-21(14)24)13-25-16-8-9-17-18(23)11-19(26-20(17)10-16)15-6-4-3-5-7-15/h3-11H,1,12-13H2,2H3. The van der Waals surface area contributed by atoms with Crippen molar-refractivity contribution in [1.29, 1.82) is 0 Å². The van der Waals surface area contributed by atoms with E-state index in [1.54, 1.807) is 25.1 Å². The molecule has 1 atom stereocenters. The molecule has 0 spiro atoms. The van der Waals surface area contributed by atoms with Gasteiger partial charge in [-0.05, 0) is 19.1 Å². The van der Waals surface area contributed by atoms with Crippen LogP contribution in [0, 0.1) is 0 Å². The van der Waals surface area contributed by atoms with Crippen LogP contribution in [0.4, 0.5) is 0 Å². The third kappa shape index (κ3) is 3.36. The summed E-state index contributed by atoms with van der Waals surface area (Å²) in [4.78, 5) is 24.0. The lowest BCUT2D eigenvalue weighted by Crippen LogP contribution is -2.32. The molecule has 0 amide bonds. The van der Waals surface area contributed by atoms with E-state index in [-0.39, 0.29) is 12.0 Å². The lowest BCUT2D eigenvalue weighted by Gasteiger charge is -2.22. The zero-order valence-electron chi connectivity index (χ0n) is 14.9. The molecule has 5 nitrogen and oxygen atoms in total. The van der Waals surface area contributed by atoms with Gasteiger partial charge in [-0.15, -0.1) is 0 Å². The Balaban J connectivity index is 1.63. The Kier molecular flexibility index (Phi) is 4.07. The third-order valence-corrected chi connectivity index (χ3v) is 4.52. The van der Waals surface area contributed by atoms with Crippen molar-refractivity contribution in [3.8, 4) is 17.1 Å². The largest absolute Gasteiger partial charge is 0.489 e. The van der Waals surface area contributed by atoms with Crippen molar-refractivity contribution in [1.82, 2.24) is 0 Å². The van der Waals surface area contributed by atoms with Gasteiger partial charge in [-0.1, -0.05) is 36.9 Å². The minimum absolute atomic E-state index is 0.116. The van der Waals surface area contributed by atoms with Crippen molar-refractivity contribution < 1.29 is 18.7 Å². The normalized spacial score (nSPS) is 19.3. The van der Waals surface area contributed by atoms with Gasteiger partial charge in [-0.3, -0.25) is 4.79 Å². The summed E-state index contributed by atoms with van der Waals surface area (Å²) in [6, 6.07) is 16.0. The van der Waals surface area contributed by atoms with Crippen molar-refractivity contribution in [2.45, 2.75) is 18.9 Å². The summed E-state index contributed by atoms with van der Waals surface area (Å²) in [5.41, 5.74) is 0.854. The molecule has 2 aromatic carbocycles. The molecular formula is C22H18O5. The first kappa shape index (κ1) is 17.1. The fourth-order valence-electron chi connectivity index (χ4n) is 3.14. The Morgan fingerprint density at radius 1 is 1.11 bits per heavy atom. The minimum atomic E-state index is -0.740. The van der Waals surface area contributed by atoms with E-state index in [4.69, 9.17) is 13.9 Å². The van der Waals surface area contributed by atoms with Crippen LogP contribution in [0.25, 0.3) is 22.3 Å². The van der Waals surface area contributed by atoms with Gasteiger partial charge in [0.1, 0.15) is 29.3 Å². The summed E-state index contributed by atoms with van der Waals surface area (Å²) in [6.45, 7) is 5.68. The number of carbonyl (C=O) groups is 1. The van der Waals surface area contributed by atoms with Crippen LogP contribution in [0.5, 0.6) is 5.75 Å². The predicted octanol–water partition coefficient (Wildman–Crippen LogP) is 4.10. The van der Waals surface area contributed by atoms with Gasteiger partial charge in [0.25, 0.3) is 0 Å². The number of carbonyl (C=O) groups excluding carboxylic acids is 1. The smallest absolute Gasteiger partial charge is 0.334 e. The van der Waals surface area contributed by atoms with Gasteiger partial charge < -0.3 is 13.9 Å². The molecule has 136 valence electrons. The Hall–Kier alpha value is -3.34. The van der Waals surface area contributed by atoms with E-state index < -0.39 is 11.6 Å². The molecule has 2 heterocycles. The van der Waals surface area contributed by atoms with Gasteiger partial charge >= 0.3 is 5.97 Å². The number of fused-ring (bicyclic) bond motifs is 1. The molecule has 1 fully saturated rings. The molecule has 1 aliphatic rings. The molecule has 3 aromatic rings. The summed E-state index contributed by atoms with van der Waals surface area (Å²) >= 11 is 0. The zero-order valence-corrected chi connectivity index (χ0v) is 14.9. The van der Waals surface area contributed by atoms with Crippen molar-refractivity contribution in [2.24, 2.45) is 0 Å². The van der Waals surface area contributed by atoms with Gasteiger partial charge in [-0.25, -0.2) is 4.79 Å². The average molecular weight is 362 g/mol. The summed E-state index contributed by atoms with van der Waals surface area (Å²) < 4.78 is 17.1. The van der Waals surface area contributed by atoms with E-state index in [1.165, 1.54) is 6.07 Å². The van der Waals surface area contributed by atoms with E-state index in [1.807, 2.05) is 30.3 Å². The highest BCUT2D eigenvalue weighted by Crippen LogP contribution is 2.31. The second kappa shape index (κ2) is 6.43. The Morgan fingerprint density at radius 3 is 2.59 bits per heavy atom. The SMILES string of the molecule is C=C1CC(C)(COc2ccc3c(=O)cc(-c4ccccc4)oc3c2)OC1=O. The van der Waals surface area contributed by atoms with Crippen LogP contribution < -0.4 is 10.2 Å². The first-order valence-electron chi connectivity index (χ1n) is 8.61. The molecule has 0 aliphatic carbocycles. The van der Waals surface area contributed by atoms with Crippen LogP contribution in [0.3, 0.4) is 0 Å². The third-order valence-electron chi connectivity index (χ3n) is 4.52. The first-order chi connectivity index (χ1) is 12.9. The maximum atomic E-state index is 12.4. The van der Waals surface area contributed by atoms with E-state index in [2.05, 4.69) is 6.58 Å². The highest BCUT2D eigenvalue weighted by atomic mass is 16.6. The lowest BCUT2D eigenvalue weighted by atomic mass is 10.0. The number of benzene rings is 2. The molecular weight excluding hydrogens is 344 g/mol. The molecule has 4 rings (SSSR count). The zero-order chi connectivity index (χ0) is 19.0. The van der Waals surface area contributed by atoms with Crippen LogP contribution in [-0.4, -0.2) is 18.2 Å². The van der Waals surface area contributed by atoms with Gasteiger partial charge in [-0.2, -0.15) is 0 Å². The van der Waals surface area contributed by atoms with Gasteiger partial charge in [0.2, 0.25) is 0 Å². The molecule has 0 bridgehead atoms. The summed E-state index contributed by atoms with van der Waals surface area (Å²) in [5, 5.41) is 0.480. The molecule has 27 heavy (non-hydrogen) atoms. The molecule has 1 unspecified atom stereocenters. The number of hydrogen-bond acceptors (Lipinski definition) is 5. The number of rotatable bonds is 4. The molecule has 1 saturated heterocycles. The van der Waals surface area contributed by atoms with Gasteiger partial charge in [0.05, 0.1) is 5.39 Å². The van der Waals surface area contributed by atoms with Crippen molar-refractivity contribution in [3.05, 3.63) is 77.0 Å². The van der Waals surface area contributed by atoms with Crippen LogP contribution in [0.15, 0.2) is 76.0 Å². The van der Waals surface area contributed by atoms with E-state index >= 15 is 0 Å².